The molecule has 0 saturated carbocycles. The molecule has 0 unspecified atom stereocenters. The molecule has 1 amide bonds. The average molecular weight is 220 g/mol. The molecule has 0 aliphatic heterocycles. The van der Waals surface area contributed by atoms with Gasteiger partial charge >= 0.3 is 0 Å². The highest BCUT2D eigenvalue weighted by atomic mass is 16.6. The highest BCUT2D eigenvalue weighted by Crippen LogP contribution is 2.24. The fraction of sp³-hybridized carbons (Fsp3) is 0.111. The van der Waals surface area contributed by atoms with Crippen LogP contribution in [0, 0.1) is 10.1 Å². The van der Waals surface area contributed by atoms with Crippen LogP contribution in [0.2, 0.25) is 0 Å². The van der Waals surface area contributed by atoms with Gasteiger partial charge in [0.1, 0.15) is 0 Å². The smallest absolute Gasteiger partial charge is 0.297 e. The minimum absolute atomic E-state index is 0.0923. The number of nitrogens with zero attached hydrogens (tertiary/aromatic N) is 2. The van der Waals surface area contributed by atoms with Crippen molar-refractivity contribution in [3.05, 3.63) is 28.3 Å². The molecular weight excluding hydrogens is 212 g/mol. The van der Waals surface area contributed by atoms with Crippen molar-refractivity contribution in [3.63, 3.8) is 0 Å². The molecule has 1 heterocycles. The van der Waals surface area contributed by atoms with Gasteiger partial charge in [-0.25, -0.2) is 4.98 Å². The van der Waals surface area contributed by atoms with Crippen LogP contribution in [0.1, 0.15) is 6.92 Å². The van der Waals surface area contributed by atoms with Gasteiger partial charge in [-0.2, -0.15) is 0 Å². The Bertz CT molecular complexity index is 575. The molecule has 0 aliphatic carbocycles. The van der Waals surface area contributed by atoms with E-state index in [0.717, 1.165) is 0 Å². The summed E-state index contributed by atoms with van der Waals surface area (Å²) in [5.74, 6) is -0.0847. The zero-order valence-electron chi connectivity index (χ0n) is 8.35. The lowest BCUT2D eigenvalue weighted by atomic mass is 10.3. The number of nitro benzene ring substituents is 1. The quantitative estimate of drug-likeness (QED) is 0.590. The largest absolute Gasteiger partial charge is 0.324 e. The van der Waals surface area contributed by atoms with Gasteiger partial charge in [0.2, 0.25) is 11.9 Å². The Kier molecular flexibility index (Phi) is 2.28. The van der Waals surface area contributed by atoms with Crippen molar-refractivity contribution in [1.29, 1.82) is 0 Å². The third-order valence-electron chi connectivity index (χ3n) is 1.98. The Balaban J connectivity index is 2.56. The highest BCUT2D eigenvalue weighted by molar-refractivity contribution is 5.91. The zero-order chi connectivity index (χ0) is 11.7. The molecule has 1 aromatic carbocycles. The van der Waals surface area contributed by atoms with E-state index < -0.39 is 4.92 Å². The molecule has 0 saturated heterocycles. The number of para-hydroxylation sites is 1. The van der Waals surface area contributed by atoms with Crippen LogP contribution < -0.4 is 5.32 Å². The number of imidazole rings is 1. The first kappa shape index (κ1) is 10.1. The number of aromatic nitrogens is 2. The number of rotatable bonds is 2. The molecule has 7 heteroatoms. The number of amides is 1. The lowest BCUT2D eigenvalue weighted by Gasteiger charge is -1.92. The molecule has 0 aliphatic rings. The van der Waals surface area contributed by atoms with E-state index in [0.29, 0.717) is 5.52 Å². The number of nitro groups is 1. The van der Waals surface area contributed by atoms with Crippen LogP contribution in [-0.2, 0) is 4.79 Å². The van der Waals surface area contributed by atoms with Crippen LogP contribution in [-0.4, -0.2) is 20.8 Å². The van der Waals surface area contributed by atoms with E-state index >= 15 is 0 Å². The summed E-state index contributed by atoms with van der Waals surface area (Å²) in [6.45, 7) is 1.33. The Hall–Kier alpha value is -2.44. The van der Waals surface area contributed by atoms with E-state index in [1.807, 2.05) is 0 Å². The summed E-state index contributed by atoms with van der Waals surface area (Å²) in [6, 6.07) is 4.57. The molecule has 16 heavy (non-hydrogen) atoms. The van der Waals surface area contributed by atoms with Crippen molar-refractivity contribution < 1.29 is 9.72 Å². The van der Waals surface area contributed by atoms with Gasteiger partial charge in [0.25, 0.3) is 5.69 Å². The Labute approximate surface area is 89.6 Å². The summed E-state index contributed by atoms with van der Waals surface area (Å²) >= 11 is 0. The second kappa shape index (κ2) is 3.61. The number of benzene rings is 1. The van der Waals surface area contributed by atoms with Crippen LogP contribution in [0.4, 0.5) is 11.6 Å². The van der Waals surface area contributed by atoms with E-state index in [2.05, 4.69) is 15.3 Å². The lowest BCUT2D eigenvalue weighted by molar-refractivity contribution is -0.383. The summed E-state index contributed by atoms with van der Waals surface area (Å²) in [5, 5.41) is 13.1. The Morgan fingerprint density at radius 2 is 2.31 bits per heavy atom. The summed E-state index contributed by atoms with van der Waals surface area (Å²) in [5.41, 5.74) is 0.652. The maximum absolute atomic E-state index is 10.8. The fourth-order valence-electron chi connectivity index (χ4n) is 1.39. The monoisotopic (exact) mass is 220 g/mol. The number of H-pyrrole nitrogens is 1. The van der Waals surface area contributed by atoms with Crippen molar-refractivity contribution in [2.75, 3.05) is 5.32 Å². The van der Waals surface area contributed by atoms with Crippen LogP contribution in [0.5, 0.6) is 0 Å². The second-order valence-electron chi connectivity index (χ2n) is 3.20. The summed E-state index contributed by atoms with van der Waals surface area (Å²) in [6.07, 6.45) is 0. The topological polar surface area (TPSA) is 101 Å². The first-order valence-electron chi connectivity index (χ1n) is 4.48. The van der Waals surface area contributed by atoms with Gasteiger partial charge in [0.05, 0.1) is 10.4 Å². The standard InChI is InChI=1S/C9H8N4O3/c1-5(14)10-9-11-6-3-2-4-7(13(15)16)8(6)12-9/h2-4H,1H3,(H2,10,11,12,14). The third-order valence-corrected chi connectivity index (χ3v) is 1.98. The van der Waals surface area contributed by atoms with E-state index in [-0.39, 0.29) is 23.1 Å². The van der Waals surface area contributed by atoms with Gasteiger partial charge in [0, 0.05) is 13.0 Å². The molecule has 2 rings (SSSR count). The first-order chi connectivity index (χ1) is 7.58. The van der Waals surface area contributed by atoms with Gasteiger partial charge < -0.3 is 4.98 Å². The molecule has 0 fully saturated rings. The van der Waals surface area contributed by atoms with E-state index in [1.165, 1.54) is 13.0 Å². The van der Waals surface area contributed by atoms with Crippen LogP contribution in [0.15, 0.2) is 18.2 Å². The summed E-state index contributed by atoms with van der Waals surface area (Å²) in [7, 11) is 0. The number of aromatic amines is 1. The molecule has 2 aromatic rings. The van der Waals surface area contributed by atoms with Gasteiger partial charge in [-0.3, -0.25) is 20.2 Å². The van der Waals surface area contributed by atoms with Crippen molar-refractivity contribution in [3.8, 4) is 0 Å². The Morgan fingerprint density at radius 3 is 2.94 bits per heavy atom. The highest BCUT2D eigenvalue weighted by Gasteiger charge is 2.15. The predicted octanol–water partition coefficient (Wildman–Crippen LogP) is 1.43. The number of non-ortho nitro benzene ring substituents is 1. The molecule has 0 bridgehead atoms. The van der Waals surface area contributed by atoms with Crippen LogP contribution in [0.3, 0.4) is 0 Å². The molecule has 2 N–H and O–H groups in total. The van der Waals surface area contributed by atoms with Crippen molar-refractivity contribution >= 4 is 28.6 Å². The number of carbonyl (C=O) groups excluding carboxylic acids is 1. The number of hydrogen-bond donors (Lipinski definition) is 2. The summed E-state index contributed by atoms with van der Waals surface area (Å²) in [4.78, 5) is 27.7. The van der Waals surface area contributed by atoms with Crippen molar-refractivity contribution in [1.82, 2.24) is 9.97 Å². The number of carbonyl (C=O) groups is 1. The van der Waals surface area contributed by atoms with E-state index in [4.69, 9.17) is 0 Å². The molecular formula is C9H8N4O3. The molecule has 0 atom stereocenters. The SMILES string of the molecule is CC(=O)Nc1nc2c([N+](=O)[O-])cccc2[nH]1. The fourth-order valence-corrected chi connectivity index (χ4v) is 1.39. The maximum Gasteiger partial charge on any atom is 0.297 e. The zero-order valence-corrected chi connectivity index (χ0v) is 8.35. The second-order valence-corrected chi connectivity index (χ2v) is 3.20. The number of fused-ring (bicyclic) bond motifs is 1. The van der Waals surface area contributed by atoms with E-state index in [1.54, 1.807) is 12.1 Å². The number of hydrogen-bond acceptors (Lipinski definition) is 4. The number of nitrogens with one attached hydrogen (secondary N) is 2. The van der Waals surface area contributed by atoms with Gasteiger partial charge in [-0.05, 0) is 6.07 Å². The normalized spacial score (nSPS) is 10.3. The van der Waals surface area contributed by atoms with Crippen LogP contribution >= 0.6 is 0 Å². The maximum atomic E-state index is 10.8. The van der Waals surface area contributed by atoms with Gasteiger partial charge in [-0.15, -0.1) is 0 Å². The molecule has 0 spiro atoms. The van der Waals surface area contributed by atoms with E-state index in [9.17, 15) is 14.9 Å². The minimum atomic E-state index is -0.513. The van der Waals surface area contributed by atoms with Gasteiger partial charge in [-0.1, -0.05) is 6.07 Å². The lowest BCUT2D eigenvalue weighted by Crippen LogP contribution is -2.06. The average Bonchev–Trinajstić information content (AvgIpc) is 2.57. The van der Waals surface area contributed by atoms with Gasteiger partial charge in [0.15, 0.2) is 5.52 Å². The first-order valence-corrected chi connectivity index (χ1v) is 4.48. The van der Waals surface area contributed by atoms with Crippen molar-refractivity contribution in [2.24, 2.45) is 0 Å². The Morgan fingerprint density at radius 1 is 1.56 bits per heavy atom. The number of anilines is 1. The van der Waals surface area contributed by atoms with Crippen molar-refractivity contribution in [2.45, 2.75) is 6.92 Å². The molecule has 82 valence electrons. The van der Waals surface area contributed by atoms with Crippen LogP contribution in [0.25, 0.3) is 11.0 Å². The molecule has 0 radical (unpaired) electrons. The molecule has 1 aromatic heterocycles. The summed E-state index contributed by atoms with van der Waals surface area (Å²) < 4.78 is 0. The third kappa shape index (κ3) is 1.70. The minimum Gasteiger partial charge on any atom is -0.324 e. The molecule has 7 nitrogen and oxygen atoms in total. The predicted molar refractivity (Wildman–Crippen MR) is 57.1 cm³/mol.